The third kappa shape index (κ3) is 3.79. The summed E-state index contributed by atoms with van der Waals surface area (Å²) in [6.07, 6.45) is 1.10. The van der Waals surface area contributed by atoms with Crippen molar-refractivity contribution in [1.29, 1.82) is 0 Å². The van der Waals surface area contributed by atoms with E-state index in [1.54, 1.807) is 6.07 Å². The predicted octanol–water partition coefficient (Wildman–Crippen LogP) is 5.73. The van der Waals surface area contributed by atoms with Gasteiger partial charge in [0.25, 0.3) is 0 Å². The normalized spacial score (nSPS) is 13.2. The topological polar surface area (TPSA) is 26.0 Å². The van der Waals surface area contributed by atoms with E-state index in [-0.39, 0.29) is 11.5 Å². The van der Waals surface area contributed by atoms with E-state index in [9.17, 15) is 0 Å². The van der Waals surface area contributed by atoms with E-state index < -0.39 is 0 Å². The van der Waals surface area contributed by atoms with Gasteiger partial charge in [-0.2, -0.15) is 0 Å². The molecule has 0 spiro atoms. The van der Waals surface area contributed by atoms with E-state index >= 15 is 0 Å². The van der Waals surface area contributed by atoms with Gasteiger partial charge in [-0.05, 0) is 46.7 Å². The Labute approximate surface area is 137 Å². The molecule has 2 aromatic carbocycles. The Balaban J connectivity index is 2.30. The van der Waals surface area contributed by atoms with Gasteiger partial charge in [-0.1, -0.05) is 68.2 Å². The van der Waals surface area contributed by atoms with Gasteiger partial charge in [0.2, 0.25) is 0 Å². The molecule has 0 radical (unpaired) electrons. The second-order valence-electron chi connectivity index (χ2n) is 6.04. The second kappa shape index (κ2) is 6.39. The molecule has 3 heteroatoms. The van der Waals surface area contributed by atoms with Crippen molar-refractivity contribution < 1.29 is 0 Å². The highest BCUT2D eigenvalue weighted by Crippen LogP contribution is 2.30. The average molecular weight is 322 g/mol. The number of hydrogen-bond donors (Lipinski definition) is 1. The fraction of sp³-hybridized carbons (Fsp3) is 0.333. The van der Waals surface area contributed by atoms with Crippen LogP contribution in [0, 0.1) is 0 Å². The van der Waals surface area contributed by atoms with Crippen LogP contribution in [0.4, 0.5) is 0 Å². The molecule has 0 aliphatic heterocycles. The zero-order valence-electron chi connectivity index (χ0n) is 12.7. The molecule has 1 unspecified atom stereocenters. The molecule has 0 bridgehead atoms. The number of nitrogens with two attached hydrogens (primary N) is 1. The summed E-state index contributed by atoms with van der Waals surface area (Å²) in [5.41, 5.74) is 9.82. The molecule has 0 fully saturated rings. The van der Waals surface area contributed by atoms with Crippen LogP contribution in [0.1, 0.15) is 49.9 Å². The fourth-order valence-electron chi connectivity index (χ4n) is 2.29. The van der Waals surface area contributed by atoms with Crippen molar-refractivity contribution in [3.8, 4) is 0 Å². The summed E-state index contributed by atoms with van der Waals surface area (Å²) in [5.74, 6) is 0. The van der Waals surface area contributed by atoms with Crippen LogP contribution >= 0.6 is 23.2 Å². The lowest BCUT2D eigenvalue weighted by Gasteiger charge is -2.24. The number of halogens is 2. The number of benzene rings is 2. The minimum Gasteiger partial charge on any atom is -0.320 e. The molecule has 0 aliphatic carbocycles. The van der Waals surface area contributed by atoms with E-state index in [0.717, 1.165) is 17.5 Å². The molecule has 0 heterocycles. The Morgan fingerprint density at radius 3 is 1.95 bits per heavy atom. The Morgan fingerprint density at radius 1 is 0.952 bits per heavy atom. The fourth-order valence-corrected chi connectivity index (χ4v) is 2.84. The number of hydrogen-bond acceptors (Lipinski definition) is 1. The third-order valence-electron chi connectivity index (χ3n) is 4.18. The van der Waals surface area contributed by atoms with Crippen LogP contribution in [-0.4, -0.2) is 0 Å². The van der Waals surface area contributed by atoms with Gasteiger partial charge >= 0.3 is 0 Å². The van der Waals surface area contributed by atoms with Crippen molar-refractivity contribution in [2.75, 3.05) is 0 Å². The van der Waals surface area contributed by atoms with Crippen LogP contribution in [0.2, 0.25) is 10.0 Å². The van der Waals surface area contributed by atoms with Crippen LogP contribution in [0.25, 0.3) is 0 Å². The second-order valence-corrected chi connectivity index (χ2v) is 6.91. The Morgan fingerprint density at radius 2 is 1.48 bits per heavy atom. The quantitative estimate of drug-likeness (QED) is 0.764. The summed E-state index contributed by atoms with van der Waals surface area (Å²) in [7, 11) is 0. The molecule has 0 saturated carbocycles. The molecule has 0 aliphatic rings. The van der Waals surface area contributed by atoms with Gasteiger partial charge in [0.15, 0.2) is 0 Å². The summed E-state index contributed by atoms with van der Waals surface area (Å²) in [6, 6.07) is 13.7. The van der Waals surface area contributed by atoms with Crippen molar-refractivity contribution in [1.82, 2.24) is 0 Å². The van der Waals surface area contributed by atoms with Gasteiger partial charge in [-0.25, -0.2) is 0 Å². The van der Waals surface area contributed by atoms with Crippen LogP contribution < -0.4 is 5.73 Å². The third-order valence-corrected chi connectivity index (χ3v) is 4.62. The summed E-state index contributed by atoms with van der Waals surface area (Å²) in [4.78, 5) is 0. The monoisotopic (exact) mass is 321 g/mol. The molecule has 112 valence electrons. The maximum absolute atomic E-state index is 6.33. The maximum Gasteiger partial charge on any atom is 0.0552 e. The maximum atomic E-state index is 6.33. The van der Waals surface area contributed by atoms with E-state index in [1.807, 2.05) is 12.1 Å². The van der Waals surface area contributed by atoms with Crippen molar-refractivity contribution >= 4 is 23.2 Å². The molecule has 1 nitrogen and oxygen atoms in total. The van der Waals surface area contributed by atoms with Gasteiger partial charge in [0.1, 0.15) is 0 Å². The zero-order valence-corrected chi connectivity index (χ0v) is 14.2. The zero-order chi connectivity index (χ0) is 15.6. The molecule has 0 saturated heterocycles. The summed E-state index contributed by atoms with van der Waals surface area (Å²) in [5, 5.41) is 1.22. The highest BCUT2D eigenvalue weighted by Gasteiger charge is 2.18. The minimum atomic E-state index is -0.222. The smallest absolute Gasteiger partial charge is 0.0552 e. The Hall–Kier alpha value is -1.02. The first kappa shape index (κ1) is 16.4. The highest BCUT2D eigenvalue weighted by molar-refractivity contribution is 6.34. The molecule has 21 heavy (non-hydrogen) atoms. The largest absolute Gasteiger partial charge is 0.320 e. The summed E-state index contributed by atoms with van der Waals surface area (Å²) in [6.45, 7) is 6.70. The average Bonchev–Trinajstić information content (AvgIpc) is 2.45. The first-order valence-electron chi connectivity index (χ1n) is 7.15. The van der Waals surface area contributed by atoms with Gasteiger partial charge < -0.3 is 5.73 Å². The lowest BCUT2D eigenvalue weighted by molar-refractivity contribution is 0.506. The first-order chi connectivity index (χ1) is 9.83. The van der Waals surface area contributed by atoms with E-state index in [1.165, 1.54) is 5.56 Å². The van der Waals surface area contributed by atoms with Crippen molar-refractivity contribution in [2.24, 2.45) is 5.73 Å². The molecular formula is C18H21Cl2N. The number of rotatable bonds is 4. The van der Waals surface area contributed by atoms with Crippen LogP contribution in [0.15, 0.2) is 42.5 Å². The van der Waals surface area contributed by atoms with Crippen molar-refractivity contribution in [2.45, 2.75) is 38.6 Å². The van der Waals surface area contributed by atoms with Crippen LogP contribution in [-0.2, 0) is 5.41 Å². The Bertz CT molecular complexity index is 597. The van der Waals surface area contributed by atoms with E-state index in [0.29, 0.717) is 10.0 Å². The SMILES string of the molecule is CCC(C)(C)c1ccc(C(N)c2cc(Cl)cc(Cl)c2)cc1. The first-order valence-corrected chi connectivity index (χ1v) is 7.91. The molecule has 0 aromatic heterocycles. The lowest BCUT2D eigenvalue weighted by Crippen LogP contribution is -2.16. The molecule has 2 aromatic rings. The van der Waals surface area contributed by atoms with Crippen LogP contribution in [0.5, 0.6) is 0 Å². The van der Waals surface area contributed by atoms with Gasteiger partial charge in [0, 0.05) is 10.0 Å². The molecule has 2 rings (SSSR count). The molecule has 1 atom stereocenters. The molecular weight excluding hydrogens is 301 g/mol. The molecule has 0 amide bonds. The van der Waals surface area contributed by atoms with E-state index in [2.05, 4.69) is 45.0 Å². The lowest BCUT2D eigenvalue weighted by atomic mass is 9.81. The predicted molar refractivity (Wildman–Crippen MR) is 92.3 cm³/mol. The highest BCUT2D eigenvalue weighted by atomic mass is 35.5. The summed E-state index contributed by atoms with van der Waals surface area (Å²) >= 11 is 12.1. The minimum absolute atomic E-state index is 0.183. The van der Waals surface area contributed by atoms with Gasteiger partial charge in [-0.3, -0.25) is 0 Å². The Kier molecular flexibility index (Phi) is 4.98. The standard InChI is InChI=1S/C18H21Cl2N/c1-4-18(2,3)14-7-5-12(6-8-14)17(21)13-9-15(19)11-16(20)10-13/h5-11,17H,4,21H2,1-3H3. The van der Waals surface area contributed by atoms with Gasteiger partial charge in [0.05, 0.1) is 6.04 Å². The van der Waals surface area contributed by atoms with Crippen LogP contribution in [0.3, 0.4) is 0 Å². The van der Waals surface area contributed by atoms with E-state index in [4.69, 9.17) is 28.9 Å². The molecule has 2 N–H and O–H groups in total. The van der Waals surface area contributed by atoms with Crippen molar-refractivity contribution in [3.63, 3.8) is 0 Å². The summed E-state index contributed by atoms with van der Waals surface area (Å²) < 4.78 is 0. The van der Waals surface area contributed by atoms with Gasteiger partial charge in [-0.15, -0.1) is 0 Å². The van der Waals surface area contributed by atoms with Crippen molar-refractivity contribution in [3.05, 3.63) is 69.2 Å².